The molecule has 0 atom stereocenters. The minimum absolute atomic E-state index is 0.0421. The minimum atomic E-state index is -0.0421. The monoisotopic (exact) mass is 283 g/mol. The molecule has 0 unspecified atom stereocenters. The second-order valence-electron chi connectivity index (χ2n) is 4.91. The maximum Gasteiger partial charge on any atom is 0.158 e. The summed E-state index contributed by atoms with van der Waals surface area (Å²) in [5, 5.41) is 2.16. The fourth-order valence-corrected chi connectivity index (χ4v) is 3.02. The van der Waals surface area contributed by atoms with Crippen molar-refractivity contribution >= 4 is 11.3 Å². The normalized spacial score (nSPS) is 15.6. The third-order valence-corrected chi connectivity index (χ3v) is 4.22. The van der Waals surface area contributed by atoms with Crippen LogP contribution in [0.25, 0.3) is 0 Å². The second-order valence-corrected chi connectivity index (χ2v) is 5.94. The lowest BCUT2D eigenvalue weighted by molar-refractivity contribution is -0.142. The molecule has 1 heterocycles. The van der Waals surface area contributed by atoms with Gasteiger partial charge in [0.1, 0.15) is 0 Å². The maximum absolute atomic E-state index is 5.62. The van der Waals surface area contributed by atoms with E-state index in [0.29, 0.717) is 0 Å². The van der Waals surface area contributed by atoms with Crippen LogP contribution >= 0.6 is 11.3 Å². The van der Waals surface area contributed by atoms with E-state index in [-0.39, 0.29) is 6.29 Å². The fourth-order valence-electron chi connectivity index (χ4n) is 2.29. The highest BCUT2D eigenvalue weighted by Crippen LogP contribution is 2.29. The van der Waals surface area contributed by atoms with Gasteiger partial charge in [-0.05, 0) is 38.1 Å². The van der Waals surface area contributed by atoms with E-state index in [1.807, 2.05) is 25.2 Å². The molecule has 1 aliphatic rings. The molecule has 2 rings (SSSR count). The molecular formula is C15H25NO2S. The molecule has 0 saturated heterocycles. The lowest BCUT2D eigenvalue weighted by Gasteiger charge is -2.24. The molecule has 1 aromatic heterocycles. The van der Waals surface area contributed by atoms with Crippen LogP contribution in [0.15, 0.2) is 17.5 Å². The van der Waals surface area contributed by atoms with Crippen molar-refractivity contribution in [1.29, 1.82) is 0 Å². The highest BCUT2D eigenvalue weighted by atomic mass is 32.1. The molecule has 1 aromatic rings. The van der Waals surface area contributed by atoms with E-state index in [4.69, 9.17) is 9.47 Å². The Balaban J connectivity index is 1.79. The number of hydrogen-bond donors (Lipinski definition) is 0. The van der Waals surface area contributed by atoms with Gasteiger partial charge in [0, 0.05) is 43.6 Å². The van der Waals surface area contributed by atoms with E-state index in [1.165, 1.54) is 17.7 Å². The van der Waals surface area contributed by atoms with Gasteiger partial charge in [-0.25, -0.2) is 0 Å². The van der Waals surface area contributed by atoms with Crippen LogP contribution in [0.4, 0.5) is 0 Å². The zero-order chi connectivity index (χ0) is 13.5. The summed E-state index contributed by atoms with van der Waals surface area (Å²) in [4.78, 5) is 4.04. The van der Waals surface area contributed by atoms with Crippen LogP contribution in [0.3, 0.4) is 0 Å². The second kappa shape index (κ2) is 8.00. The molecule has 0 bridgehead atoms. The summed E-state index contributed by atoms with van der Waals surface area (Å²) in [5.41, 5.74) is 0. The first-order valence-corrected chi connectivity index (χ1v) is 8.21. The van der Waals surface area contributed by atoms with Crippen molar-refractivity contribution in [3.63, 3.8) is 0 Å². The average Bonchev–Trinajstić information content (AvgIpc) is 3.13. The molecule has 0 aromatic carbocycles. The van der Waals surface area contributed by atoms with Crippen LogP contribution in [0.5, 0.6) is 0 Å². The predicted octanol–water partition coefficient (Wildman–Crippen LogP) is 3.50. The molecule has 3 nitrogen and oxygen atoms in total. The lowest BCUT2D eigenvalue weighted by Crippen LogP contribution is -2.30. The standard InChI is InChI=1S/C15H25NO2S/c1-3-17-15(18-4-2)9-10-16(13-7-8-13)12-14-6-5-11-19-14/h5-6,11,13,15H,3-4,7-10,12H2,1-2H3. The van der Waals surface area contributed by atoms with Gasteiger partial charge >= 0.3 is 0 Å². The highest BCUT2D eigenvalue weighted by molar-refractivity contribution is 7.09. The van der Waals surface area contributed by atoms with Crippen LogP contribution in [-0.4, -0.2) is 37.0 Å². The Kier molecular flexibility index (Phi) is 6.31. The first-order valence-electron chi connectivity index (χ1n) is 7.33. The summed E-state index contributed by atoms with van der Waals surface area (Å²) in [6.07, 6.45) is 3.61. The molecule has 4 heteroatoms. The van der Waals surface area contributed by atoms with E-state index in [0.717, 1.165) is 38.8 Å². The van der Waals surface area contributed by atoms with E-state index in [9.17, 15) is 0 Å². The Bertz CT molecular complexity index is 332. The third kappa shape index (κ3) is 5.22. The zero-order valence-corrected chi connectivity index (χ0v) is 12.8. The van der Waals surface area contributed by atoms with Crippen molar-refractivity contribution < 1.29 is 9.47 Å². The van der Waals surface area contributed by atoms with Gasteiger partial charge in [0.25, 0.3) is 0 Å². The molecule has 0 spiro atoms. The van der Waals surface area contributed by atoms with Gasteiger partial charge in [0.15, 0.2) is 6.29 Å². The van der Waals surface area contributed by atoms with Crippen LogP contribution in [0, 0.1) is 0 Å². The Labute approximate surface area is 120 Å². The van der Waals surface area contributed by atoms with Crippen molar-refractivity contribution in [2.24, 2.45) is 0 Å². The number of thiophene rings is 1. The van der Waals surface area contributed by atoms with Crippen LogP contribution in [0.2, 0.25) is 0 Å². The summed E-state index contributed by atoms with van der Waals surface area (Å²) >= 11 is 1.85. The Hall–Kier alpha value is -0.420. The summed E-state index contributed by atoms with van der Waals surface area (Å²) in [6.45, 7) is 7.63. The molecule has 0 N–H and O–H groups in total. The van der Waals surface area contributed by atoms with Crippen molar-refractivity contribution in [2.45, 2.75) is 52.0 Å². The topological polar surface area (TPSA) is 21.7 Å². The molecule has 0 aliphatic heterocycles. The Morgan fingerprint density at radius 1 is 1.32 bits per heavy atom. The molecule has 1 saturated carbocycles. The largest absolute Gasteiger partial charge is 0.353 e. The first-order chi connectivity index (χ1) is 9.33. The molecule has 0 radical (unpaired) electrons. The van der Waals surface area contributed by atoms with E-state index in [1.54, 1.807) is 0 Å². The van der Waals surface area contributed by atoms with Crippen molar-refractivity contribution in [2.75, 3.05) is 19.8 Å². The molecular weight excluding hydrogens is 258 g/mol. The molecule has 1 fully saturated rings. The quantitative estimate of drug-likeness (QED) is 0.613. The van der Waals surface area contributed by atoms with Crippen molar-refractivity contribution in [3.05, 3.63) is 22.4 Å². The number of ether oxygens (including phenoxy) is 2. The zero-order valence-electron chi connectivity index (χ0n) is 12.0. The van der Waals surface area contributed by atoms with E-state index in [2.05, 4.69) is 22.4 Å². The van der Waals surface area contributed by atoms with Crippen molar-refractivity contribution in [3.8, 4) is 0 Å². The smallest absolute Gasteiger partial charge is 0.158 e. The third-order valence-electron chi connectivity index (χ3n) is 3.36. The van der Waals surface area contributed by atoms with Gasteiger partial charge in [-0.15, -0.1) is 11.3 Å². The van der Waals surface area contributed by atoms with Gasteiger partial charge in [-0.3, -0.25) is 4.90 Å². The lowest BCUT2D eigenvalue weighted by atomic mass is 10.3. The minimum Gasteiger partial charge on any atom is -0.353 e. The molecule has 108 valence electrons. The van der Waals surface area contributed by atoms with Crippen molar-refractivity contribution in [1.82, 2.24) is 4.90 Å². The Morgan fingerprint density at radius 2 is 2.05 bits per heavy atom. The maximum atomic E-state index is 5.62. The fraction of sp³-hybridized carbons (Fsp3) is 0.733. The van der Waals surface area contributed by atoms with Gasteiger partial charge in [-0.2, -0.15) is 0 Å². The SMILES string of the molecule is CCOC(CCN(Cc1cccs1)C1CC1)OCC. The van der Waals surface area contributed by atoms with Crippen LogP contribution in [-0.2, 0) is 16.0 Å². The molecule has 19 heavy (non-hydrogen) atoms. The first kappa shape index (κ1) is 15.0. The Morgan fingerprint density at radius 3 is 2.58 bits per heavy atom. The summed E-state index contributed by atoms with van der Waals surface area (Å²) < 4.78 is 11.2. The summed E-state index contributed by atoms with van der Waals surface area (Å²) in [6, 6.07) is 5.14. The van der Waals surface area contributed by atoms with Gasteiger partial charge < -0.3 is 9.47 Å². The summed E-state index contributed by atoms with van der Waals surface area (Å²) in [5.74, 6) is 0. The van der Waals surface area contributed by atoms with Crippen LogP contribution < -0.4 is 0 Å². The molecule has 0 amide bonds. The highest BCUT2D eigenvalue weighted by Gasteiger charge is 2.29. The van der Waals surface area contributed by atoms with E-state index >= 15 is 0 Å². The number of hydrogen-bond acceptors (Lipinski definition) is 4. The average molecular weight is 283 g/mol. The van der Waals surface area contributed by atoms with Gasteiger partial charge in [0.2, 0.25) is 0 Å². The molecule has 1 aliphatic carbocycles. The number of nitrogens with zero attached hydrogens (tertiary/aromatic N) is 1. The van der Waals surface area contributed by atoms with Gasteiger partial charge in [-0.1, -0.05) is 6.07 Å². The van der Waals surface area contributed by atoms with Gasteiger partial charge in [0.05, 0.1) is 0 Å². The van der Waals surface area contributed by atoms with E-state index < -0.39 is 0 Å². The predicted molar refractivity (Wildman–Crippen MR) is 79.4 cm³/mol. The number of rotatable bonds is 10. The summed E-state index contributed by atoms with van der Waals surface area (Å²) in [7, 11) is 0. The van der Waals surface area contributed by atoms with Crippen LogP contribution in [0.1, 0.15) is 38.0 Å².